The van der Waals surface area contributed by atoms with Crippen LogP contribution >= 0.6 is 0 Å². The second-order valence-corrected chi connectivity index (χ2v) is 13.1. The van der Waals surface area contributed by atoms with E-state index in [1.807, 2.05) is 0 Å². The van der Waals surface area contributed by atoms with E-state index in [1.165, 1.54) is 0 Å². The first-order valence-electron chi connectivity index (χ1n) is 8.18. The van der Waals surface area contributed by atoms with Crippen LogP contribution in [0.15, 0.2) is 46.2 Å². The topological polar surface area (TPSA) is 232 Å². The number of hydrogen-bond acceptors (Lipinski definition) is 12. The van der Waals surface area contributed by atoms with E-state index < -0.39 is 76.8 Å². The summed E-state index contributed by atoms with van der Waals surface area (Å²) in [5.74, 6) is -1.90. The monoisotopic (exact) mass is 584 g/mol. The summed E-state index contributed by atoms with van der Waals surface area (Å²) in [6, 6.07) is 4.55. The average Bonchev–Trinajstić information content (AvgIpc) is 2.68. The van der Waals surface area contributed by atoms with Crippen molar-refractivity contribution < 1.29 is 111 Å². The molecule has 35 heavy (non-hydrogen) atoms. The van der Waals surface area contributed by atoms with Crippen molar-refractivity contribution in [2.24, 2.45) is 0 Å². The molecule has 0 unspecified atom stereocenters. The Labute approximate surface area is 244 Å². The largest absolute Gasteiger partial charge is 1.00 e. The molecule has 2 aromatic carbocycles. The first kappa shape index (κ1) is 32.4. The van der Waals surface area contributed by atoms with Gasteiger partial charge in [0.2, 0.25) is 0 Å². The Balaban J connectivity index is 0.00000306. The molecule has 0 fully saturated rings. The van der Waals surface area contributed by atoms with Crippen molar-refractivity contribution in [1.29, 1.82) is 0 Å². The van der Waals surface area contributed by atoms with Gasteiger partial charge >= 0.3 is 59.1 Å². The van der Waals surface area contributed by atoms with Gasteiger partial charge in [0, 0.05) is 29.3 Å². The van der Waals surface area contributed by atoms with E-state index in [0.29, 0.717) is 19.2 Å². The normalized spacial score (nSPS) is 13.9. The van der Waals surface area contributed by atoms with Crippen molar-refractivity contribution >= 4 is 52.2 Å². The molecule has 1 aliphatic rings. The molecule has 0 aromatic heterocycles. The van der Waals surface area contributed by atoms with Gasteiger partial charge in [-0.25, -0.2) is 33.7 Å². The van der Waals surface area contributed by atoms with Gasteiger partial charge in [-0.1, -0.05) is 0 Å². The quantitative estimate of drug-likeness (QED) is 0.210. The SMILES string of the molecule is CN(S(=O)(=O)[O-])S(=O)(=O)c1ccc2c(c1)C(=O)c1ccc(S(=O)(=O)NS(=O)(=O)[O-])cc1C2=O.[Na+].[Na+]. The summed E-state index contributed by atoms with van der Waals surface area (Å²) in [5.41, 5.74) is -1.71. The Kier molecular flexibility index (Phi) is 9.88. The third kappa shape index (κ3) is 6.47. The van der Waals surface area contributed by atoms with Crippen molar-refractivity contribution in [1.82, 2.24) is 7.84 Å². The maximum absolute atomic E-state index is 12.8. The van der Waals surface area contributed by atoms with E-state index in [-0.39, 0.29) is 70.2 Å². The van der Waals surface area contributed by atoms with Crippen LogP contribution in [-0.2, 0) is 40.7 Å². The summed E-state index contributed by atoms with van der Waals surface area (Å²) in [7, 11) is -20.2. The van der Waals surface area contributed by atoms with Gasteiger partial charge in [0.15, 0.2) is 32.2 Å². The molecule has 2 aromatic rings. The van der Waals surface area contributed by atoms with Gasteiger partial charge in [-0.3, -0.25) is 9.59 Å². The van der Waals surface area contributed by atoms with Crippen LogP contribution in [0.1, 0.15) is 31.8 Å². The Morgan fingerprint density at radius 1 is 0.686 bits per heavy atom. The minimum Gasteiger partial charge on any atom is -0.735 e. The number of benzene rings is 2. The summed E-state index contributed by atoms with van der Waals surface area (Å²) in [6.45, 7) is 0. The maximum atomic E-state index is 12.8. The number of ketones is 2. The zero-order valence-corrected chi connectivity index (χ0v) is 25.2. The fraction of sp³-hybridized carbons (Fsp3) is 0.0667. The third-order valence-electron chi connectivity index (χ3n) is 4.43. The Morgan fingerprint density at radius 3 is 1.49 bits per heavy atom. The molecule has 178 valence electrons. The van der Waals surface area contributed by atoms with Crippen LogP contribution in [0.4, 0.5) is 0 Å². The molecule has 0 atom stereocenters. The van der Waals surface area contributed by atoms with Crippen LogP contribution in [0.25, 0.3) is 0 Å². The molecule has 0 spiro atoms. The van der Waals surface area contributed by atoms with Crippen molar-refractivity contribution in [2.75, 3.05) is 7.05 Å². The van der Waals surface area contributed by atoms with Crippen molar-refractivity contribution in [3.8, 4) is 0 Å². The van der Waals surface area contributed by atoms with Crippen molar-refractivity contribution in [3.05, 3.63) is 58.7 Å². The summed E-state index contributed by atoms with van der Waals surface area (Å²) in [4.78, 5) is 24.1. The molecule has 0 saturated carbocycles. The standard InChI is InChI=1S/C15H12N2O12S4.2Na/c1-17(33(27,28)29)31(22,23)9-3-5-11-13(7-9)15(19)10-4-2-8(6-12(10)14(11)18)30(20,21)16-32(24,25)26;;/h2-7,16H,1H3,(H,24,25,26)(H,27,28,29);;/q;2*+1/p-2. The van der Waals surface area contributed by atoms with Crippen LogP contribution in [0.2, 0.25) is 0 Å². The molecule has 0 radical (unpaired) electrons. The van der Waals surface area contributed by atoms with Crippen molar-refractivity contribution in [2.45, 2.75) is 9.79 Å². The number of carbonyl (C=O) groups is 2. The maximum Gasteiger partial charge on any atom is 1.00 e. The molecule has 14 nitrogen and oxygen atoms in total. The molecular weight excluding hydrogens is 574 g/mol. The van der Waals surface area contributed by atoms with Crippen LogP contribution in [0.3, 0.4) is 0 Å². The van der Waals surface area contributed by atoms with Crippen LogP contribution in [-0.4, -0.2) is 65.1 Å². The fourth-order valence-electron chi connectivity index (χ4n) is 2.89. The zero-order valence-electron chi connectivity index (χ0n) is 17.9. The van der Waals surface area contributed by atoms with E-state index >= 15 is 0 Å². The van der Waals surface area contributed by atoms with Gasteiger partial charge in [0.05, 0.1) is 9.79 Å². The number of hydrogen-bond donors (Lipinski definition) is 1. The first-order chi connectivity index (χ1) is 14.9. The van der Waals surface area contributed by atoms with E-state index in [9.17, 15) is 52.4 Å². The second kappa shape index (κ2) is 10.7. The fourth-order valence-corrected chi connectivity index (χ4v) is 6.89. The summed E-state index contributed by atoms with van der Waals surface area (Å²) >= 11 is 0. The molecule has 1 aliphatic carbocycles. The average molecular weight is 584 g/mol. The number of rotatable bonds is 6. The molecule has 1 N–H and O–H groups in total. The van der Waals surface area contributed by atoms with Gasteiger partial charge in [-0.05, 0) is 36.4 Å². The van der Waals surface area contributed by atoms with Gasteiger partial charge in [-0.2, -0.15) is 0 Å². The number of fused-ring (bicyclic) bond motifs is 2. The van der Waals surface area contributed by atoms with Gasteiger partial charge < -0.3 is 9.11 Å². The molecule has 0 heterocycles. The van der Waals surface area contributed by atoms with Crippen molar-refractivity contribution in [3.63, 3.8) is 0 Å². The third-order valence-corrected chi connectivity index (χ3v) is 10.3. The Hall–Kier alpha value is -0.580. The van der Waals surface area contributed by atoms with Crippen LogP contribution < -0.4 is 63.2 Å². The van der Waals surface area contributed by atoms with E-state index in [4.69, 9.17) is 0 Å². The first-order valence-corrected chi connectivity index (χ1v) is 13.9. The smallest absolute Gasteiger partial charge is 0.735 e. The minimum atomic E-state index is -5.43. The Bertz CT molecular complexity index is 1670. The second-order valence-electron chi connectivity index (χ2n) is 6.46. The predicted octanol–water partition coefficient (Wildman–Crippen LogP) is -7.71. The zero-order chi connectivity index (χ0) is 25.1. The molecule has 0 saturated heterocycles. The molecule has 20 heteroatoms. The van der Waals surface area contributed by atoms with Gasteiger partial charge in [-0.15, -0.1) is 7.84 Å². The molecule has 3 rings (SSSR count). The summed E-state index contributed by atoms with van der Waals surface area (Å²) < 4.78 is 115. The molecular formula is C15H10N2Na2O12S4. The van der Waals surface area contributed by atoms with Crippen LogP contribution in [0.5, 0.6) is 0 Å². The minimum absolute atomic E-state index is 0. The summed E-state index contributed by atoms with van der Waals surface area (Å²) in [6.07, 6.45) is 0. The van der Waals surface area contributed by atoms with E-state index in [2.05, 4.69) is 0 Å². The van der Waals surface area contributed by atoms with Gasteiger partial charge in [0.1, 0.15) is 0 Å². The molecule has 0 aliphatic heterocycles. The van der Waals surface area contributed by atoms with E-state index in [0.717, 1.165) is 28.4 Å². The van der Waals surface area contributed by atoms with Crippen LogP contribution in [0, 0.1) is 0 Å². The number of nitrogens with one attached hydrogen (secondary N) is 1. The number of sulfonamides is 2. The molecule has 0 bridgehead atoms. The van der Waals surface area contributed by atoms with Gasteiger partial charge in [0.25, 0.3) is 20.0 Å². The number of carbonyl (C=O) groups excluding carboxylic acids is 2. The van der Waals surface area contributed by atoms with E-state index in [1.54, 1.807) is 0 Å². The number of nitrogens with zero attached hydrogens (tertiary/aromatic N) is 1. The predicted molar refractivity (Wildman–Crippen MR) is 104 cm³/mol. The Morgan fingerprint density at radius 2 is 1.09 bits per heavy atom. The summed E-state index contributed by atoms with van der Waals surface area (Å²) in [5, 5.41) is 0. The molecule has 0 amide bonds.